The fourth-order valence-electron chi connectivity index (χ4n) is 1.39. The summed E-state index contributed by atoms with van der Waals surface area (Å²) in [5, 5.41) is 0. The Morgan fingerprint density at radius 3 is 2.50 bits per heavy atom. The van der Waals surface area contributed by atoms with Gasteiger partial charge in [-0.2, -0.15) is 0 Å². The smallest absolute Gasteiger partial charge is 0.123 e. The van der Waals surface area contributed by atoms with Gasteiger partial charge < -0.3 is 4.74 Å². The summed E-state index contributed by atoms with van der Waals surface area (Å²) in [7, 11) is 1.67. The first-order chi connectivity index (χ1) is 6.51. The molecule has 0 saturated heterocycles. The Morgan fingerprint density at radius 2 is 2.00 bits per heavy atom. The largest absolute Gasteiger partial charge is 0.496 e. The summed E-state index contributed by atoms with van der Waals surface area (Å²) in [5.41, 5.74) is 1.99. The monoisotopic (exact) mass is 188 g/mol. The highest BCUT2D eigenvalue weighted by atomic mass is 16.5. The van der Waals surface area contributed by atoms with Gasteiger partial charge in [-0.15, -0.1) is 6.42 Å². The Morgan fingerprint density at radius 1 is 1.36 bits per heavy atom. The van der Waals surface area contributed by atoms with E-state index < -0.39 is 0 Å². The number of benzene rings is 1. The SMILES string of the molecule is C#CC(C)(C)c1cc(C)ccc1OC. The normalized spacial score (nSPS) is 10.8. The van der Waals surface area contributed by atoms with Gasteiger partial charge in [-0.05, 0) is 26.8 Å². The minimum atomic E-state index is -0.280. The van der Waals surface area contributed by atoms with Crippen LogP contribution in [0.1, 0.15) is 25.0 Å². The number of rotatable bonds is 2. The number of ether oxygens (including phenoxy) is 1. The molecule has 1 heteroatoms. The van der Waals surface area contributed by atoms with Gasteiger partial charge in [0.05, 0.1) is 12.5 Å². The average molecular weight is 188 g/mol. The highest BCUT2D eigenvalue weighted by Crippen LogP contribution is 2.31. The second-order valence-electron chi connectivity index (χ2n) is 3.97. The van der Waals surface area contributed by atoms with Crippen LogP contribution in [-0.4, -0.2) is 7.11 Å². The van der Waals surface area contributed by atoms with Crippen molar-refractivity contribution < 1.29 is 4.74 Å². The first kappa shape index (κ1) is 10.7. The Balaban J connectivity index is 3.32. The lowest BCUT2D eigenvalue weighted by atomic mass is 9.84. The van der Waals surface area contributed by atoms with Gasteiger partial charge in [-0.1, -0.05) is 23.6 Å². The van der Waals surface area contributed by atoms with Crippen LogP contribution in [0.3, 0.4) is 0 Å². The van der Waals surface area contributed by atoms with E-state index in [0.29, 0.717) is 0 Å². The lowest BCUT2D eigenvalue weighted by Crippen LogP contribution is -2.15. The van der Waals surface area contributed by atoms with Gasteiger partial charge in [0.2, 0.25) is 0 Å². The van der Waals surface area contributed by atoms with Crippen molar-refractivity contribution in [3.63, 3.8) is 0 Å². The topological polar surface area (TPSA) is 9.23 Å². The van der Waals surface area contributed by atoms with E-state index in [1.54, 1.807) is 7.11 Å². The van der Waals surface area contributed by atoms with E-state index in [4.69, 9.17) is 11.2 Å². The van der Waals surface area contributed by atoms with Crippen molar-refractivity contribution in [1.82, 2.24) is 0 Å². The second-order valence-corrected chi connectivity index (χ2v) is 3.97. The predicted molar refractivity (Wildman–Crippen MR) is 59.6 cm³/mol. The average Bonchev–Trinajstić information content (AvgIpc) is 2.18. The molecule has 0 aliphatic rings. The van der Waals surface area contributed by atoms with E-state index in [2.05, 4.69) is 18.9 Å². The second kappa shape index (κ2) is 3.75. The van der Waals surface area contributed by atoms with Crippen molar-refractivity contribution >= 4 is 0 Å². The summed E-state index contributed by atoms with van der Waals surface area (Å²) < 4.78 is 5.29. The third-order valence-electron chi connectivity index (χ3n) is 2.39. The molecule has 0 aliphatic heterocycles. The van der Waals surface area contributed by atoms with Crippen LogP contribution in [0.4, 0.5) is 0 Å². The molecule has 1 rings (SSSR count). The third-order valence-corrected chi connectivity index (χ3v) is 2.39. The molecule has 0 amide bonds. The minimum Gasteiger partial charge on any atom is -0.496 e. The highest BCUT2D eigenvalue weighted by molar-refractivity contribution is 5.45. The minimum absolute atomic E-state index is 0.280. The van der Waals surface area contributed by atoms with E-state index in [9.17, 15) is 0 Å². The van der Waals surface area contributed by atoms with Crippen molar-refractivity contribution in [3.8, 4) is 18.1 Å². The number of methoxy groups -OCH3 is 1. The maximum absolute atomic E-state index is 5.51. The van der Waals surface area contributed by atoms with Gasteiger partial charge in [0.15, 0.2) is 0 Å². The zero-order valence-electron chi connectivity index (χ0n) is 9.22. The predicted octanol–water partition coefficient (Wildman–Crippen LogP) is 2.91. The summed E-state index contributed by atoms with van der Waals surface area (Å²) in [5.74, 6) is 3.64. The van der Waals surface area contributed by atoms with Crippen LogP contribution in [0.15, 0.2) is 18.2 Å². The lowest BCUT2D eigenvalue weighted by molar-refractivity contribution is 0.403. The standard InChI is InChI=1S/C13H16O/c1-6-13(3,4)11-9-10(2)7-8-12(11)14-5/h1,7-9H,2-5H3. The number of hydrogen-bond donors (Lipinski definition) is 0. The first-order valence-electron chi connectivity index (χ1n) is 4.64. The summed E-state index contributed by atoms with van der Waals surface area (Å²) in [4.78, 5) is 0. The fourth-order valence-corrected chi connectivity index (χ4v) is 1.39. The lowest BCUT2D eigenvalue weighted by Gasteiger charge is -2.21. The molecule has 1 aromatic carbocycles. The van der Waals surface area contributed by atoms with Gasteiger partial charge >= 0.3 is 0 Å². The van der Waals surface area contributed by atoms with Crippen molar-refractivity contribution in [2.45, 2.75) is 26.2 Å². The zero-order chi connectivity index (χ0) is 10.8. The van der Waals surface area contributed by atoms with Crippen LogP contribution < -0.4 is 4.74 Å². The molecule has 0 fully saturated rings. The Bertz CT molecular complexity index is 369. The van der Waals surface area contributed by atoms with Crippen LogP contribution in [-0.2, 0) is 5.41 Å². The van der Waals surface area contributed by atoms with Crippen LogP contribution >= 0.6 is 0 Å². The quantitative estimate of drug-likeness (QED) is 0.648. The maximum Gasteiger partial charge on any atom is 0.123 e. The van der Waals surface area contributed by atoms with E-state index in [-0.39, 0.29) is 5.41 Å². The van der Waals surface area contributed by atoms with Crippen molar-refractivity contribution in [3.05, 3.63) is 29.3 Å². The Hall–Kier alpha value is -1.42. The van der Waals surface area contributed by atoms with Gasteiger partial charge in [0.1, 0.15) is 5.75 Å². The molecule has 0 bridgehead atoms. The van der Waals surface area contributed by atoms with Crippen molar-refractivity contribution in [2.24, 2.45) is 0 Å². The van der Waals surface area contributed by atoms with Crippen molar-refractivity contribution in [1.29, 1.82) is 0 Å². The molecule has 1 aromatic rings. The van der Waals surface area contributed by atoms with E-state index in [1.165, 1.54) is 5.56 Å². The molecule has 1 nitrogen and oxygen atoms in total. The van der Waals surface area contributed by atoms with Gasteiger partial charge in [0, 0.05) is 5.56 Å². The van der Waals surface area contributed by atoms with Gasteiger partial charge in [-0.25, -0.2) is 0 Å². The molecular formula is C13H16O. The molecule has 14 heavy (non-hydrogen) atoms. The molecule has 0 radical (unpaired) electrons. The molecule has 0 saturated carbocycles. The summed E-state index contributed by atoms with van der Waals surface area (Å²) in [6.07, 6.45) is 5.51. The van der Waals surface area contributed by atoms with Gasteiger partial charge in [0.25, 0.3) is 0 Å². The molecule has 0 atom stereocenters. The first-order valence-corrected chi connectivity index (χ1v) is 4.64. The van der Waals surface area contributed by atoms with Gasteiger partial charge in [-0.3, -0.25) is 0 Å². The summed E-state index contributed by atoms with van der Waals surface area (Å²) in [6.45, 7) is 6.09. The van der Waals surface area contributed by atoms with Crippen molar-refractivity contribution in [2.75, 3.05) is 7.11 Å². The zero-order valence-corrected chi connectivity index (χ0v) is 9.22. The van der Waals surface area contributed by atoms with E-state index in [1.807, 2.05) is 26.0 Å². The fraction of sp³-hybridized carbons (Fsp3) is 0.385. The molecule has 0 unspecified atom stereocenters. The van der Waals surface area contributed by atoms with Crippen LogP contribution in [0, 0.1) is 19.3 Å². The molecule has 0 spiro atoms. The van der Waals surface area contributed by atoms with E-state index >= 15 is 0 Å². The summed E-state index contributed by atoms with van der Waals surface area (Å²) >= 11 is 0. The molecule has 0 aromatic heterocycles. The van der Waals surface area contributed by atoms with Crippen LogP contribution in [0.25, 0.3) is 0 Å². The number of terminal acetylenes is 1. The number of aryl methyl sites for hydroxylation is 1. The highest BCUT2D eigenvalue weighted by Gasteiger charge is 2.21. The molecule has 0 heterocycles. The third kappa shape index (κ3) is 1.90. The summed E-state index contributed by atoms with van der Waals surface area (Å²) in [6, 6.07) is 6.07. The Labute approximate surface area is 86.1 Å². The molecule has 0 aliphatic carbocycles. The number of hydrogen-bond acceptors (Lipinski definition) is 1. The van der Waals surface area contributed by atoms with Crippen LogP contribution in [0.2, 0.25) is 0 Å². The Kier molecular flexibility index (Phi) is 2.86. The van der Waals surface area contributed by atoms with Crippen LogP contribution in [0.5, 0.6) is 5.75 Å². The molecule has 74 valence electrons. The molecular weight excluding hydrogens is 172 g/mol. The maximum atomic E-state index is 5.51. The molecule has 0 N–H and O–H groups in total. The van der Waals surface area contributed by atoms with E-state index in [0.717, 1.165) is 11.3 Å².